The van der Waals surface area contributed by atoms with Crippen molar-refractivity contribution < 1.29 is 19.7 Å². The van der Waals surface area contributed by atoms with Gasteiger partial charge in [-0.3, -0.25) is 4.79 Å². The largest absolute Gasteiger partial charge is 0.459 e. The highest BCUT2D eigenvalue weighted by Crippen LogP contribution is 2.32. The van der Waals surface area contributed by atoms with Crippen LogP contribution >= 0.6 is 0 Å². The SMILES string of the molecule is CCC(C)C(=O)OC(CC(O)(CC)CC)C(O)(CC)CC. The zero-order valence-corrected chi connectivity index (χ0v) is 14.6. The summed E-state index contributed by atoms with van der Waals surface area (Å²) in [4.78, 5) is 12.1. The van der Waals surface area contributed by atoms with Crippen LogP contribution in [0.3, 0.4) is 0 Å². The van der Waals surface area contributed by atoms with Gasteiger partial charge in [0.15, 0.2) is 0 Å². The van der Waals surface area contributed by atoms with Crippen molar-refractivity contribution in [2.24, 2.45) is 5.92 Å². The van der Waals surface area contributed by atoms with Gasteiger partial charge in [-0.25, -0.2) is 0 Å². The fraction of sp³-hybridized carbons (Fsp3) is 0.941. The third kappa shape index (κ3) is 5.59. The molecule has 4 heteroatoms. The standard InChI is InChI=1S/C17H34O4/c1-7-13(6)15(18)21-14(17(20,10-4)11-5)12-16(19,8-2)9-3/h13-14,19-20H,7-12H2,1-6H3. The molecule has 2 unspecified atom stereocenters. The average molecular weight is 302 g/mol. The highest BCUT2D eigenvalue weighted by atomic mass is 16.6. The Hall–Kier alpha value is -0.610. The number of carbonyl (C=O) groups is 1. The van der Waals surface area contributed by atoms with Gasteiger partial charge in [-0.05, 0) is 32.1 Å². The van der Waals surface area contributed by atoms with E-state index in [-0.39, 0.29) is 18.3 Å². The lowest BCUT2D eigenvalue weighted by Crippen LogP contribution is -2.49. The molecule has 126 valence electrons. The number of carbonyl (C=O) groups excluding carboxylic acids is 1. The summed E-state index contributed by atoms with van der Waals surface area (Å²) in [6.45, 7) is 11.3. The molecule has 2 atom stereocenters. The Morgan fingerprint density at radius 1 is 1.00 bits per heavy atom. The summed E-state index contributed by atoms with van der Waals surface area (Å²) in [7, 11) is 0. The van der Waals surface area contributed by atoms with Gasteiger partial charge in [0.25, 0.3) is 0 Å². The number of hydrogen-bond donors (Lipinski definition) is 2. The first kappa shape index (κ1) is 20.4. The Morgan fingerprint density at radius 3 is 1.81 bits per heavy atom. The molecule has 0 aliphatic rings. The predicted molar refractivity (Wildman–Crippen MR) is 85.0 cm³/mol. The molecule has 0 saturated carbocycles. The maximum atomic E-state index is 12.1. The number of esters is 1. The molecule has 0 aliphatic heterocycles. The van der Waals surface area contributed by atoms with Crippen molar-refractivity contribution in [3.05, 3.63) is 0 Å². The summed E-state index contributed by atoms with van der Waals surface area (Å²) >= 11 is 0. The van der Waals surface area contributed by atoms with Crippen LogP contribution < -0.4 is 0 Å². The van der Waals surface area contributed by atoms with Crippen LogP contribution in [-0.2, 0) is 9.53 Å². The lowest BCUT2D eigenvalue weighted by molar-refractivity contribution is -0.179. The molecule has 0 aliphatic carbocycles. The average Bonchev–Trinajstić information content (AvgIpc) is 2.52. The smallest absolute Gasteiger partial charge is 0.309 e. The van der Waals surface area contributed by atoms with E-state index in [1.54, 1.807) is 0 Å². The summed E-state index contributed by atoms with van der Waals surface area (Å²) in [6.07, 6.45) is 2.44. The molecular formula is C17H34O4. The van der Waals surface area contributed by atoms with E-state index < -0.39 is 17.3 Å². The first-order valence-corrected chi connectivity index (χ1v) is 8.37. The molecule has 0 amide bonds. The van der Waals surface area contributed by atoms with Crippen molar-refractivity contribution in [3.8, 4) is 0 Å². The minimum absolute atomic E-state index is 0.193. The first-order valence-electron chi connectivity index (χ1n) is 8.37. The van der Waals surface area contributed by atoms with Crippen molar-refractivity contribution in [2.75, 3.05) is 0 Å². The van der Waals surface area contributed by atoms with Gasteiger partial charge in [0.05, 0.1) is 11.5 Å². The third-order valence-electron chi connectivity index (χ3n) is 4.98. The molecule has 4 nitrogen and oxygen atoms in total. The van der Waals surface area contributed by atoms with Gasteiger partial charge in [-0.1, -0.05) is 41.5 Å². The molecule has 0 rings (SSSR count). The Kier molecular flexibility index (Phi) is 8.49. The van der Waals surface area contributed by atoms with Crippen molar-refractivity contribution >= 4 is 5.97 Å². The number of hydrogen-bond acceptors (Lipinski definition) is 4. The summed E-state index contributed by atoms with van der Waals surface area (Å²) in [5, 5.41) is 21.3. The van der Waals surface area contributed by atoms with E-state index in [1.165, 1.54) is 0 Å². The Bertz CT molecular complexity index is 306. The molecule has 0 heterocycles. The van der Waals surface area contributed by atoms with E-state index >= 15 is 0 Å². The second kappa shape index (κ2) is 8.74. The quantitative estimate of drug-likeness (QED) is 0.607. The minimum Gasteiger partial charge on any atom is -0.459 e. The summed E-state index contributed by atoms with van der Waals surface area (Å²) in [5.41, 5.74) is -1.99. The Balaban J connectivity index is 5.24. The van der Waals surface area contributed by atoms with Gasteiger partial charge in [0.1, 0.15) is 11.7 Å². The van der Waals surface area contributed by atoms with Crippen molar-refractivity contribution in [3.63, 3.8) is 0 Å². The number of aliphatic hydroxyl groups is 2. The van der Waals surface area contributed by atoms with Crippen LogP contribution in [0.5, 0.6) is 0 Å². The van der Waals surface area contributed by atoms with Crippen LogP contribution in [0.15, 0.2) is 0 Å². The lowest BCUT2D eigenvalue weighted by Gasteiger charge is -2.39. The van der Waals surface area contributed by atoms with Gasteiger partial charge in [0, 0.05) is 6.42 Å². The van der Waals surface area contributed by atoms with Crippen LogP contribution in [0.25, 0.3) is 0 Å². The maximum Gasteiger partial charge on any atom is 0.309 e. The second-order valence-corrected chi connectivity index (χ2v) is 6.18. The van der Waals surface area contributed by atoms with Gasteiger partial charge >= 0.3 is 5.97 Å². The fourth-order valence-corrected chi connectivity index (χ4v) is 2.35. The Labute approximate surface area is 129 Å². The van der Waals surface area contributed by atoms with Gasteiger partial charge in [0.2, 0.25) is 0 Å². The lowest BCUT2D eigenvalue weighted by atomic mass is 9.81. The van der Waals surface area contributed by atoms with E-state index in [1.807, 2.05) is 41.5 Å². The maximum absolute atomic E-state index is 12.1. The number of ether oxygens (including phenoxy) is 1. The second-order valence-electron chi connectivity index (χ2n) is 6.18. The van der Waals surface area contributed by atoms with E-state index in [2.05, 4.69) is 0 Å². The number of rotatable bonds is 10. The summed E-state index contributed by atoms with van der Waals surface area (Å²) in [6, 6.07) is 0. The molecule has 0 aromatic carbocycles. The first-order chi connectivity index (χ1) is 9.71. The topological polar surface area (TPSA) is 66.8 Å². The monoisotopic (exact) mass is 302 g/mol. The summed E-state index contributed by atoms with van der Waals surface area (Å²) < 4.78 is 5.60. The molecule has 21 heavy (non-hydrogen) atoms. The molecule has 0 aromatic rings. The molecule has 2 N–H and O–H groups in total. The molecule has 0 saturated heterocycles. The van der Waals surface area contributed by atoms with Crippen LogP contribution in [0.4, 0.5) is 0 Å². The molecule has 0 aromatic heterocycles. The molecular weight excluding hydrogens is 268 g/mol. The van der Waals surface area contributed by atoms with E-state index in [4.69, 9.17) is 4.74 Å². The van der Waals surface area contributed by atoms with E-state index in [0.29, 0.717) is 32.1 Å². The predicted octanol–water partition coefficient (Wildman–Crippen LogP) is 3.44. The zero-order valence-electron chi connectivity index (χ0n) is 14.6. The highest BCUT2D eigenvalue weighted by Gasteiger charge is 2.41. The van der Waals surface area contributed by atoms with Crippen molar-refractivity contribution in [1.82, 2.24) is 0 Å². The molecule has 0 bridgehead atoms. The Morgan fingerprint density at radius 2 is 1.48 bits per heavy atom. The fourth-order valence-electron chi connectivity index (χ4n) is 2.35. The normalized spacial score (nSPS) is 15.6. The zero-order chi connectivity index (χ0) is 16.7. The van der Waals surface area contributed by atoms with Gasteiger partial charge in [-0.15, -0.1) is 0 Å². The molecule has 0 spiro atoms. The third-order valence-corrected chi connectivity index (χ3v) is 4.98. The summed E-state index contributed by atoms with van der Waals surface area (Å²) in [5.74, 6) is -0.487. The van der Waals surface area contributed by atoms with Crippen LogP contribution in [0.2, 0.25) is 0 Å². The van der Waals surface area contributed by atoms with E-state index in [0.717, 1.165) is 0 Å². The van der Waals surface area contributed by atoms with Crippen molar-refractivity contribution in [2.45, 2.75) is 97.4 Å². The van der Waals surface area contributed by atoms with Gasteiger partial charge in [-0.2, -0.15) is 0 Å². The highest BCUT2D eigenvalue weighted by molar-refractivity contribution is 5.72. The van der Waals surface area contributed by atoms with Gasteiger partial charge < -0.3 is 14.9 Å². The van der Waals surface area contributed by atoms with Crippen LogP contribution in [0.1, 0.15) is 80.1 Å². The van der Waals surface area contributed by atoms with E-state index in [9.17, 15) is 15.0 Å². The van der Waals surface area contributed by atoms with Crippen molar-refractivity contribution in [1.29, 1.82) is 0 Å². The van der Waals surface area contributed by atoms with Crippen LogP contribution in [-0.4, -0.2) is 33.5 Å². The molecule has 0 radical (unpaired) electrons. The molecule has 0 fully saturated rings. The minimum atomic E-state index is -1.08. The van der Waals surface area contributed by atoms with Crippen LogP contribution in [0, 0.1) is 5.92 Å².